The van der Waals surface area contributed by atoms with Crippen LogP contribution in [0.2, 0.25) is 0 Å². The van der Waals surface area contributed by atoms with Crippen LogP contribution in [0.1, 0.15) is 11.0 Å². The summed E-state index contributed by atoms with van der Waals surface area (Å²) < 4.78 is 75.0. The van der Waals surface area contributed by atoms with Crippen molar-refractivity contribution in [3.63, 3.8) is 0 Å². The molecular formula is C42H26S. The maximum absolute atomic E-state index is 9.43. The van der Waals surface area contributed by atoms with Gasteiger partial charge in [0, 0.05) is 25.7 Å². The minimum atomic E-state index is -0.412. The van der Waals surface area contributed by atoms with Crippen LogP contribution >= 0.6 is 11.3 Å². The lowest BCUT2D eigenvalue weighted by Crippen LogP contribution is -1.92. The SMILES string of the molecule is [2H]c1c([2H])c([2H])c2c(-c3cccc4c3sc3ccccc34)c3c([2H])c([2H])c([2H])c([2H])c3c(-c3ccc(-c4ccccc4)c4ccccc34)c2c1[2H]. The Morgan fingerprint density at radius 1 is 0.372 bits per heavy atom. The molecule has 0 amide bonds. The lowest BCUT2D eigenvalue weighted by Gasteiger charge is -2.20. The summed E-state index contributed by atoms with van der Waals surface area (Å²) in [5.74, 6) is 0. The number of benzene rings is 8. The molecule has 0 aliphatic rings. The van der Waals surface area contributed by atoms with Crippen LogP contribution in [-0.4, -0.2) is 0 Å². The Kier molecular flexibility index (Phi) is 3.97. The predicted octanol–water partition coefficient (Wildman–Crippen LogP) is 12.5. The van der Waals surface area contributed by atoms with Crippen molar-refractivity contribution in [3.05, 3.63) is 158 Å². The van der Waals surface area contributed by atoms with E-state index in [0.717, 1.165) is 42.1 Å². The molecular weight excluding hydrogens is 537 g/mol. The van der Waals surface area contributed by atoms with Gasteiger partial charge in [0.05, 0.1) is 11.0 Å². The van der Waals surface area contributed by atoms with Crippen molar-refractivity contribution in [1.29, 1.82) is 0 Å². The summed E-state index contributed by atoms with van der Waals surface area (Å²) in [6, 6.07) is 32.8. The van der Waals surface area contributed by atoms with Gasteiger partial charge in [0.2, 0.25) is 0 Å². The molecule has 1 heteroatoms. The van der Waals surface area contributed by atoms with Crippen molar-refractivity contribution < 1.29 is 11.0 Å². The smallest absolute Gasteiger partial charge is 0.0629 e. The zero-order valence-electron chi connectivity index (χ0n) is 30.8. The van der Waals surface area contributed by atoms with Gasteiger partial charge in [-0.3, -0.25) is 0 Å². The van der Waals surface area contributed by atoms with E-state index in [9.17, 15) is 5.48 Å². The Hall–Kier alpha value is -5.24. The third-order valence-corrected chi connectivity index (χ3v) is 9.55. The molecule has 0 spiro atoms. The third-order valence-electron chi connectivity index (χ3n) is 8.33. The van der Waals surface area contributed by atoms with Crippen LogP contribution in [0, 0.1) is 0 Å². The Morgan fingerprint density at radius 2 is 0.884 bits per heavy atom. The first-order valence-corrected chi connectivity index (χ1v) is 14.9. The van der Waals surface area contributed by atoms with Gasteiger partial charge in [-0.1, -0.05) is 151 Å². The molecule has 9 aromatic rings. The zero-order valence-corrected chi connectivity index (χ0v) is 23.6. The first-order valence-electron chi connectivity index (χ1n) is 18.1. The summed E-state index contributed by atoms with van der Waals surface area (Å²) >= 11 is 1.55. The van der Waals surface area contributed by atoms with E-state index in [2.05, 4.69) is 0 Å². The maximum Gasteiger partial charge on any atom is 0.0629 e. The first kappa shape index (κ1) is 17.7. The van der Waals surface area contributed by atoms with Crippen molar-refractivity contribution in [2.24, 2.45) is 0 Å². The summed E-state index contributed by atoms with van der Waals surface area (Å²) in [4.78, 5) is 0. The molecule has 200 valence electrons. The fourth-order valence-corrected chi connectivity index (χ4v) is 7.72. The molecule has 0 bridgehead atoms. The summed E-state index contributed by atoms with van der Waals surface area (Å²) in [6.07, 6.45) is 0. The summed E-state index contributed by atoms with van der Waals surface area (Å²) in [7, 11) is 0. The Balaban J connectivity index is 1.57. The van der Waals surface area contributed by atoms with Crippen molar-refractivity contribution in [1.82, 2.24) is 0 Å². The van der Waals surface area contributed by atoms with Crippen molar-refractivity contribution >= 4 is 63.8 Å². The number of thiophene rings is 1. The maximum atomic E-state index is 9.43. The molecule has 1 aromatic heterocycles. The van der Waals surface area contributed by atoms with E-state index < -0.39 is 24.2 Å². The summed E-state index contributed by atoms with van der Waals surface area (Å²) in [5, 5.41) is 4.56. The van der Waals surface area contributed by atoms with Crippen LogP contribution < -0.4 is 0 Å². The van der Waals surface area contributed by atoms with Gasteiger partial charge in [-0.25, -0.2) is 0 Å². The normalized spacial score (nSPS) is 14.3. The minimum absolute atomic E-state index is 0.212. The van der Waals surface area contributed by atoms with Crippen molar-refractivity contribution in [3.8, 4) is 33.4 Å². The zero-order chi connectivity index (χ0) is 35.3. The molecule has 0 N–H and O–H groups in total. The van der Waals surface area contributed by atoms with Gasteiger partial charge < -0.3 is 0 Å². The van der Waals surface area contributed by atoms with Gasteiger partial charge in [-0.05, 0) is 66.2 Å². The first-order chi connectivity index (χ1) is 24.7. The summed E-state index contributed by atoms with van der Waals surface area (Å²) in [6.45, 7) is 0. The predicted molar refractivity (Wildman–Crippen MR) is 188 cm³/mol. The Morgan fingerprint density at radius 3 is 1.56 bits per heavy atom. The second-order valence-electron chi connectivity index (χ2n) is 10.6. The Labute approximate surface area is 265 Å². The van der Waals surface area contributed by atoms with E-state index in [-0.39, 0.29) is 45.7 Å². The number of hydrogen-bond donors (Lipinski definition) is 0. The van der Waals surface area contributed by atoms with E-state index in [4.69, 9.17) is 5.48 Å². The molecule has 0 aliphatic carbocycles. The fraction of sp³-hybridized carbons (Fsp3) is 0. The van der Waals surface area contributed by atoms with Gasteiger partial charge in [-0.15, -0.1) is 11.3 Å². The lowest BCUT2D eigenvalue weighted by atomic mass is 9.83. The molecule has 0 aliphatic heterocycles. The molecule has 0 fully saturated rings. The molecule has 0 nitrogen and oxygen atoms in total. The van der Waals surface area contributed by atoms with E-state index in [1.165, 1.54) is 0 Å². The number of hydrogen-bond acceptors (Lipinski definition) is 1. The molecule has 0 atom stereocenters. The number of rotatable bonds is 3. The van der Waals surface area contributed by atoms with Gasteiger partial charge in [0.25, 0.3) is 0 Å². The van der Waals surface area contributed by atoms with Gasteiger partial charge in [0.15, 0.2) is 0 Å². The third kappa shape index (κ3) is 3.69. The van der Waals surface area contributed by atoms with Crippen LogP contribution in [0.4, 0.5) is 0 Å². The van der Waals surface area contributed by atoms with Crippen LogP contribution in [0.3, 0.4) is 0 Å². The molecule has 43 heavy (non-hydrogen) atoms. The average Bonchev–Trinajstić information content (AvgIpc) is 3.55. The standard InChI is InChI=1S/C42H26S/c1-2-13-27(14-3-1)28-25-26-36(30-16-5-4-15-29(28)30)40-32-18-6-8-20-34(32)41(35-21-9-7-19-33(35)40)38-23-12-22-37-31-17-10-11-24-39(31)43-42(37)38/h1-26H/i6D,7D,8D,9D,18D,19D,20D,21D. The monoisotopic (exact) mass is 570 g/mol. The van der Waals surface area contributed by atoms with E-state index in [0.29, 0.717) is 22.3 Å². The highest BCUT2D eigenvalue weighted by Gasteiger charge is 2.20. The molecule has 0 saturated heterocycles. The fourth-order valence-electron chi connectivity index (χ4n) is 6.49. The van der Waals surface area contributed by atoms with Gasteiger partial charge >= 0.3 is 0 Å². The van der Waals surface area contributed by atoms with Gasteiger partial charge in [-0.2, -0.15) is 0 Å². The quantitative estimate of drug-likeness (QED) is 0.185. The van der Waals surface area contributed by atoms with Crippen LogP contribution in [0.5, 0.6) is 0 Å². The molecule has 0 unspecified atom stereocenters. The minimum Gasteiger partial charge on any atom is -0.135 e. The molecule has 0 saturated carbocycles. The van der Waals surface area contributed by atoms with Crippen LogP contribution in [-0.2, 0) is 0 Å². The second kappa shape index (κ2) is 9.66. The van der Waals surface area contributed by atoms with E-state index in [1.54, 1.807) is 11.3 Å². The largest absolute Gasteiger partial charge is 0.135 e. The highest BCUT2D eigenvalue weighted by molar-refractivity contribution is 7.26. The van der Waals surface area contributed by atoms with Gasteiger partial charge in [0.1, 0.15) is 0 Å². The lowest BCUT2D eigenvalue weighted by molar-refractivity contribution is 1.64. The summed E-state index contributed by atoms with van der Waals surface area (Å²) in [5.41, 5.74) is 3.95. The van der Waals surface area contributed by atoms with E-state index in [1.807, 2.05) is 109 Å². The van der Waals surface area contributed by atoms with E-state index >= 15 is 0 Å². The van der Waals surface area contributed by atoms with Crippen molar-refractivity contribution in [2.75, 3.05) is 0 Å². The second-order valence-corrected chi connectivity index (χ2v) is 11.7. The number of fused-ring (bicyclic) bond motifs is 6. The van der Waals surface area contributed by atoms with Crippen LogP contribution in [0.25, 0.3) is 85.9 Å². The van der Waals surface area contributed by atoms with Crippen LogP contribution in [0.15, 0.2) is 158 Å². The van der Waals surface area contributed by atoms with Crippen molar-refractivity contribution in [2.45, 2.75) is 0 Å². The Bertz CT molecular complexity index is 2870. The molecule has 1 heterocycles. The highest BCUT2D eigenvalue weighted by atomic mass is 32.1. The topological polar surface area (TPSA) is 0 Å². The molecule has 9 rings (SSSR count). The molecule has 0 radical (unpaired) electrons. The highest BCUT2D eigenvalue weighted by Crippen LogP contribution is 2.49. The molecule has 8 aromatic carbocycles. The average molecular weight is 571 g/mol.